The molecule has 1 aromatic rings. The second-order valence-electron chi connectivity index (χ2n) is 6.04. The number of rotatable bonds is 7. The number of fused-ring (bicyclic) bond motifs is 1. The highest BCUT2D eigenvalue weighted by atomic mass is 15.2. The Morgan fingerprint density at radius 3 is 2.74 bits per heavy atom. The minimum Gasteiger partial charge on any atom is -0.364 e. The summed E-state index contributed by atoms with van der Waals surface area (Å²) in [4.78, 5) is 2.55. The number of unbranched alkanes of at least 4 members (excludes halogenated alkanes) is 3. The topological polar surface area (TPSA) is 29.3 Å². The van der Waals surface area contributed by atoms with E-state index in [2.05, 4.69) is 43.0 Å². The first-order valence-electron chi connectivity index (χ1n) is 7.77. The summed E-state index contributed by atoms with van der Waals surface area (Å²) < 4.78 is 0. The third-order valence-electron chi connectivity index (χ3n) is 4.55. The molecule has 1 atom stereocenters. The van der Waals surface area contributed by atoms with Gasteiger partial charge in [-0.1, -0.05) is 50.8 Å². The van der Waals surface area contributed by atoms with Crippen molar-refractivity contribution in [2.45, 2.75) is 57.9 Å². The first-order chi connectivity index (χ1) is 9.21. The Kier molecular flexibility index (Phi) is 4.87. The summed E-state index contributed by atoms with van der Waals surface area (Å²) in [5.74, 6) is 0. The van der Waals surface area contributed by atoms with Gasteiger partial charge in [0.15, 0.2) is 0 Å². The van der Waals surface area contributed by atoms with Gasteiger partial charge in [-0.25, -0.2) is 0 Å². The van der Waals surface area contributed by atoms with Crippen molar-refractivity contribution in [1.82, 2.24) is 0 Å². The van der Waals surface area contributed by atoms with Crippen LogP contribution in [0.4, 0.5) is 5.69 Å². The molecule has 106 valence electrons. The molecule has 0 radical (unpaired) electrons. The molecule has 0 saturated carbocycles. The number of hydrogen-bond acceptors (Lipinski definition) is 2. The number of para-hydroxylation sites is 1. The molecule has 19 heavy (non-hydrogen) atoms. The van der Waals surface area contributed by atoms with Gasteiger partial charge >= 0.3 is 0 Å². The molecule has 0 aromatic heterocycles. The maximum Gasteiger partial charge on any atom is 0.0496 e. The minimum atomic E-state index is 0.125. The third kappa shape index (κ3) is 3.11. The van der Waals surface area contributed by atoms with E-state index < -0.39 is 0 Å². The molecule has 0 aliphatic carbocycles. The van der Waals surface area contributed by atoms with Crippen LogP contribution in [-0.4, -0.2) is 18.6 Å². The number of hydrogen-bond donors (Lipinski definition) is 1. The van der Waals surface area contributed by atoms with Crippen molar-refractivity contribution < 1.29 is 0 Å². The monoisotopic (exact) mass is 260 g/mol. The van der Waals surface area contributed by atoms with Gasteiger partial charge < -0.3 is 10.6 Å². The van der Waals surface area contributed by atoms with Crippen LogP contribution in [0, 0.1) is 0 Å². The summed E-state index contributed by atoms with van der Waals surface area (Å²) in [6.45, 7) is 6.47. The lowest BCUT2D eigenvalue weighted by Gasteiger charge is -2.40. The van der Waals surface area contributed by atoms with Crippen molar-refractivity contribution in [2.75, 3.05) is 18.0 Å². The summed E-state index contributed by atoms with van der Waals surface area (Å²) in [5, 5.41) is 0. The summed E-state index contributed by atoms with van der Waals surface area (Å²) in [5.41, 5.74) is 9.13. The van der Waals surface area contributed by atoms with Crippen LogP contribution in [0.1, 0.15) is 51.5 Å². The third-order valence-corrected chi connectivity index (χ3v) is 4.55. The molecule has 0 bridgehead atoms. The fraction of sp³-hybridized carbons (Fsp3) is 0.647. The Morgan fingerprint density at radius 1 is 1.21 bits per heavy atom. The zero-order valence-corrected chi connectivity index (χ0v) is 12.5. The Balaban J connectivity index is 2.05. The van der Waals surface area contributed by atoms with E-state index in [4.69, 9.17) is 5.73 Å². The second-order valence-corrected chi connectivity index (χ2v) is 6.04. The molecular weight excluding hydrogens is 232 g/mol. The van der Waals surface area contributed by atoms with Crippen molar-refractivity contribution >= 4 is 5.69 Å². The zero-order valence-electron chi connectivity index (χ0n) is 12.5. The van der Waals surface area contributed by atoms with Crippen LogP contribution >= 0.6 is 0 Å². The van der Waals surface area contributed by atoms with Gasteiger partial charge in [0.1, 0.15) is 0 Å². The van der Waals surface area contributed by atoms with Gasteiger partial charge in [-0.2, -0.15) is 0 Å². The summed E-state index contributed by atoms with van der Waals surface area (Å²) in [6.07, 6.45) is 7.64. The summed E-state index contributed by atoms with van der Waals surface area (Å²) in [7, 11) is 0. The molecule has 0 spiro atoms. The highest BCUT2D eigenvalue weighted by Gasteiger charge is 2.34. The molecule has 2 heteroatoms. The lowest BCUT2D eigenvalue weighted by molar-refractivity contribution is 0.388. The molecule has 0 saturated heterocycles. The van der Waals surface area contributed by atoms with Gasteiger partial charge in [0.25, 0.3) is 0 Å². The predicted octanol–water partition coefficient (Wildman–Crippen LogP) is 3.74. The number of nitrogens with zero attached hydrogens (tertiary/aromatic N) is 1. The lowest BCUT2D eigenvalue weighted by atomic mass is 9.92. The molecular formula is C17H28N2. The lowest BCUT2D eigenvalue weighted by Crippen LogP contribution is -2.51. The van der Waals surface area contributed by atoms with Crippen LogP contribution < -0.4 is 10.6 Å². The molecule has 0 fully saturated rings. The molecule has 2 nitrogen and oxygen atoms in total. The Hall–Kier alpha value is -1.02. The Morgan fingerprint density at radius 2 is 2.00 bits per heavy atom. The van der Waals surface area contributed by atoms with Crippen LogP contribution in [-0.2, 0) is 6.42 Å². The van der Waals surface area contributed by atoms with Gasteiger partial charge in [-0.05, 0) is 31.4 Å². The summed E-state index contributed by atoms with van der Waals surface area (Å²) in [6, 6.07) is 8.79. The Bertz CT molecular complexity index is 402. The van der Waals surface area contributed by atoms with Gasteiger partial charge in [0, 0.05) is 24.3 Å². The minimum absolute atomic E-state index is 0.125. The standard InChI is InChI=1S/C17H28N2/c1-3-4-5-8-12-17(2,14-18)19-13-11-15-9-6-7-10-16(15)19/h6-7,9-10H,3-5,8,11-14,18H2,1-2H3. The van der Waals surface area contributed by atoms with E-state index in [-0.39, 0.29) is 5.54 Å². The van der Waals surface area contributed by atoms with E-state index in [9.17, 15) is 0 Å². The van der Waals surface area contributed by atoms with E-state index in [0.29, 0.717) is 0 Å². The summed E-state index contributed by atoms with van der Waals surface area (Å²) >= 11 is 0. The number of benzene rings is 1. The SMILES string of the molecule is CCCCCCC(C)(CN)N1CCc2ccccc21. The van der Waals surface area contributed by atoms with Crippen LogP contribution in [0.3, 0.4) is 0 Å². The fourth-order valence-electron chi connectivity index (χ4n) is 3.18. The second kappa shape index (κ2) is 6.42. The van der Waals surface area contributed by atoms with Gasteiger partial charge in [-0.15, -0.1) is 0 Å². The molecule has 2 rings (SSSR count). The van der Waals surface area contributed by atoms with Gasteiger partial charge in [-0.3, -0.25) is 0 Å². The molecule has 1 aliphatic heterocycles. The molecule has 0 amide bonds. The van der Waals surface area contributed by atoms with Crippen molar-refractivity contribution in [3.63, 3.8) is 0 Å². The fourth-order valence-corrected chi connectivity index (χ4v) is 3.18. The van der Waals surface area contributed by atoms with E-state index in [0.717, 1.165) is 13.1 Å². The average molecular weight is 260 g/mol. The van der Waals surface area contributed by atoms with Crippen molar-refractivity contribution in [3.8, 4) is 0 Å². The first-order valence-corrected chi connectivity index (χ1v) is 7.77. The molecule has 2 N–H and O–H groups in total. The average Bonchev–Trinajstić information content (AvgIpc) is 2.88. The highest BCUT2D eigenvalue weighted by Crippen LogP contribution is 2.35. The number of anilines is 1. The van der Waals surface area contributed by atoms with Crippen LogP contribution in [0.25, 0.3) is 0 Å². The zero-order chi connectivity index (χ0) is 13.7. The first kappa shape index (κ1) is 14.4. The van der Waals surface area contributed by atoms with Crippen LogP contribution in [0.15, 0.2) is 24.3 Å². The van der Waals surface area contributed by atoms with E-state index in [1.54, 1.807) is 0 Å². The Labute approximate surface area is 118 Å². The molecule has 1 unspecified atom stereocenters. The maximum absolute atomic E-state index is 6.12. The van der Waals surface area contributed by atoms with Crippen LogP contribution in [0.2, 0.25) is 0 Å². The normalized spacial score (nSPS) is 17.3. The van der Waals surface area contributed by atoms with Gasteiger partial charge in [0.05, 0.1) is 0 Å². The van der Waals surface area contributed by atoms with Crippen LogP contribution in [0.5, 0.6) is 0 Å². The van der Waals surface area contributed by atoms with Crippen molar-refractivity contribution in [1.29, 1.82) is 0 Å². The van der Waals surface area contributed by atoms with E-state index in [1.807, 2.05) is 0 Å². The van der Waals surface area contributed by atoms with Crippen molar-refractivity contribution in [3.05, 3.63) is 29.8 Å². The largest absolute Gasteiger partial charge is 0.364 e. The highest BCUT2D eigenvalue weighted by molar-refractivity contribution is 5.59. The van der Waals surface area contributed by atoms with E-state index in [1.165, 1.54) is 49.8 Å². The predicted molar refractivity (Wildman–Crippen MR) is 83.7 cm³/mol. The molecule has 1 heterocycles. The maximum atomic E-state index is 6.12. The molecule has 1 aliphatic rings. The quantitative estimate of drug-likeness (QED) is 0.757. The van der Waals surface area contributed by atoms with Crippen molar-refractivity contribution in [2.24, 2.45) is 5.73 Å². The molecule has 1 aromatic carbocycles. The van der Waals surface area contributed by atoms with Gasteiger partial charge in [0.2, 0.25) is 0 Å². The smallest absolute Gasteiger partial charge is 0.0496 e. The number of nitrogens with two attached hydrogens (primary N) is 1. The van der Waals surface area contributed by atoms with E-state index >= 15 is 0 Å².